The molecule has 1 atom stereocenters. The number of hydrogen-bond acceptors (Lipinski definition) is 8. The van der Waals surface area contributed by atoms with Gasteiger partial charge in [-0.2, -0.15) is 0 Å². The number of carbonyl (C=O) groups is 2. The predicted molar refractivity (Wildman–Crippen MR) is 109 cm³/mol. The highest BCUT2D eigenvalue weighted by Gasteiger charge is 2.29. The number of esters is 1. The van der Waals surface area contributed by atoms with Crippen LogP contribution in [0.25, 0.3) is 0 Å². The van der Waals surface area contributed by atoms with Gasteiger partial charge in [-0.25, -0.2) is 9.48 Å². The number of aromatic nitrogens is 4. The molecule has 8 nitrogen and oxygen atoms in total. The summed E-state index contributed by atoms with van der Waals surface area (Å²) in [6.45, 7) is 8.18. The van der Waals surface area contributed by atoms with Crippen LogP contribution in [0.1, 0.15) is 54.9 Å². The summed E-state index contributed by atoms with van der Waals surface area (Å²) in [6.07, 6.45) is 2.80. The fraction of sp³-hybridized carbons (Fsp3) is 0.611. The molecule has 2 aromatic rings. The Morgan fingerprint density at radius 3 is 2.82 bits per heavy atom. The highest BCUT2D eigenvalue weighted by molar-refractivity contribution is 7.99. The number of fused-ring (bicyclic) bond motifs is 1. The molecule has 3 rings (SSSR count). The number of hydrogen-bond donors (Lipinski definition) is 1. The normalized spacial score (nSPS) is 16.5. The van der Waals surface area contributed by atoms with E-state index in [-0.39, 0.29) is 17.2 Å². The number of nitrogens with one attached hydrogen (secondary N) is 1. The molecule has 28 heavy (non-hydrogen) atoms. The van der Waals surface area contributed by atoms with Crippen molar-refractivity contribution in [3.8, 4) is 0 Å². The SMILES string of the molecule is COC(=O)c1c(NC(=O)CSc2nnnn2C(C)(C)C)sc2c1CCC(C)C2. The molecule has 10 heteroatoms. The summed E-state index contributed by atoms with van der Waals surface area (Å²) in [6, 6.07) is 0. The third-order valence-corrected chi connectivity index (χ3v) is 6.65. The molecule has 0 aliphatic heterocycles. The summed E-state index contributed by atoms with van der Waals surface area (Å²) in [5.41, 5.74) is 1.26. The number of carbonyl (C=O) groups excluding carboxylic acids is 2. The highest BCUT2D eigenvalue weighted by atomic mass is 32.2. The maximum Gasteiger partial charge on any atom is 0.341 e. The van der Waals surface area contributed by atoms with Crippen LogP contribution < -0.4 is 5.32 Å². The van der Waals surface area contributed by atoms with E-state index in [2.05, 4.69) is 27.8 Å². The third-order valence-electron chi connectivity index (χ3n) is 4.56. The lowest BCUT2D eigenvalue weighted by Crippen LogP contribution is -2.24. The number of thioether (sulfide) groups is 1. The summed E-state index contributed by atoms with van der Waals surface area (Å²) in [5, 5.41) is 15.7. The Kier molecular flexibility index (Phi) is 6.09. The van der Waals surface area contributed by atoms with Gasteiger partial charge in [0.15, 0.2) is 0 Å². The monoisotopic (exact) mass is 423 g/mol. The van der Waals surface area contributed by atoms with Gasteiger partial charge in [-0.05, 0) is 61.9 Å². The minimum atomic E-state index is -0.397. The number of anilines is 1. The molecular weight excluding hydrogens is 398 g/mol. The van der Waals surface area contributed by atoms with Crippen molar-refractivity contribution in [2.24, 2.45) is 5.92 Å². The van der Waals surface area contributed by atoms with Crippen LogP contribution in [0.15, 0.2) is 5.16 Å². The average molecular weight is 424 g/mol. The Balaban J connectivity index is 1.74. The van der Waals surface area contributed by atoms with Gasteiger partial charge in [0.2, 0.25) is 11.1 Å². The van der Waals surface area contributed by atoms with Crippen molar-refractivity contribution in [1.29, 1.82) is 0 Å². The minimum absolute atomic E-state index is 0.149. The zero-order valence-corrected chi connectivity index (χ0v) is 18.4. The van der Waals surface area contributed by atoms with E-state index in [4.69, 9.17) is 4.74 Å². The van der Waals surface area contributed by atoms with E-state index >= 15 is 0 Å². The number of ether oxygens (including phenoxy) is 1. The molecule has 152 valence electrons. The minimum Gasteiger partial charge on any atom is -0.465 e. The summed E-state index contributed by atoms with van der Waals surface area (Å²) in [5.74, 6) is 0.125. The Morgan fingerprint density at radius 2 is 2.14 bits per heavy atom. The molecule has 0 bridgehead atoms. The van der Waals surface area contributed by atoms with Crippen LogP contribution in [-0.2, 0) is 27.9 Å². The van der Waals surface area contributed by atoms with Crippen LogP contribution >= 0.6 is 23.1 Å². The van der Waals surface area contributed by atoms with Gasteiger partial charge in [0.1, 0.15) is 5.00 Å². The van der Waals surface area contributed by atoms with Crippen molar-refractivity contribution in [3.05, 3.63) is 16.0 Å². The fourth-order valence-corrected chi connectivity index (χ4v) is 5.41. The highest BCUT2D eigenvalue weighted by Crippen LogP contribution is 2.40. The second-order valence-electron chi connectivity index (χ2n) is 7.93. The van der Waals surface area contributed by atoms with E-state index in [0.29, 0.717) is 21.6 Å². The van der Waals surface area contributed by atoms with Gasteiger partial charge in [-0.3, -0.25) is 4.79 Å². The van der Waals surface area contributed by atoms with Crippen LogP contribution in [0.3, 0.4) is 0 Å². The van der Waals surface area contributed by atoms with Crippen molar-refractivity contribution in [2.75, 3.05) is 18.2 Å². The Morgan fingerprint density at radius 1 is 1.39 bits per heavy atom. The van der Waals surface area contributed by atoms with Crippen molar-refractivity contribution >= 4 is 40.0 Å². The summed E-state index contributed by atoms with van der Waals surface area (Å²) in [7, 11) is 1.37. The van der Waals surface area contributed by atoms with Gasteiger partial charge in [0.05, 0.1) is 24.0 Å². The van der Waals surface area contributed by atoms with Crippen molar-refractivity contribution < 1.29 is 14.3 Å². The van der Waals surface area contributed by atoms with Gasteiger partial charge in [0, 0.05) is 4.88 Å². The first-order valence-electron chi connectivity index (χ1n) is 9.15. The largest absolute Gasteiger partial charge is 0.465 e. The number of amides is 1. The zero-order chi connectivity index (χ0) is 20.5. The Hall–Kier alpha value is -1.94. The molecule has 0 spiro atoms. The molecule has 0 radical (unpaired) electrons. The van der Waals surface area contributed by atoms with Crippen LogP contribution in [0.4, 0.5) is 5.00 Å². The second-order valence-corrected chi connectivity index (χ2v) is 9.98. The smallest absolute Gasteiger partial charge is 0.341 e. The number of tetrazole rings is 1. The lowest BCUT2D eigenvalue weighted by Gasteiger charge is -2.19. The molecule has 2 heterocycles. The van der Waals surface area contributed by atoms with Crippen LogP contribution in [0.5, 0.6) is 0 Å². The molecule has 2 aromatic heterocycles. The van der Waals surface area contributed by atoms with Gasteiger partial charge in [-0.1, -0.05) is 18.7 Å². The molecule has 1 amide bonds. The molecule has 0 aromatic carbocycles. The number of thiophene rings is 1. The van der Waals surface area contributed by atoms with Gasteiger partial charge in [0.25, 0.3) is 0 Å². The maximum atomic E-state index is 12.6. The number of rotatable bonds is 5. The van der Waals surface area contributed by atoms with Crippen molar-refractivity contribution in [2.45, 2.75) is 57.7 Å². The molecule has 0 fully saturated rings. The maximum absolute atomic E-state index is 12.6. The lowest BCUT2D eigenvalue weighted by atomic mass is 9.88. The van der Waals surface area contributed by atoms with E-state index in [9.17, 15) is 9.59 Å². The molecule has 1 unspecified atom stereocenters. The second kappa shape index (κ2) is 8.20. The first kappa shape index (κ1) is 20.8. The third kappa shape index (κ3) is 4.38. The molecule has 1 N–H and O–H groups in total. The molecule has 1 aliphatic rings. The van der Waals surface area contributed by atoms with Gasteiger partial charge in [-0.15, -0.1) is 16.4 Å². The van der Waals surface area contributed by atoms with E-state index in [1.165, 1.54) is 35.1 Å². The fourth-order valence-electron chi connectivity index (χ4n) is 3.14. The quantitative estimate of drug-likeness (QED) is 0.582. The molecular formula is C18H25N5O3S2. The van der Waals surface area contributed by atoms with E-state index in [0.717, 1.165) is 24.8 Å². The van der Waals surface area contributed by atoms with E-state index < -0.39 is 5.97 Å². The Bertz CT molecular complexity index is 884. The number of nitrogens with zero attached hydrogens (tertiary/aromatic N) is 4. The van der Waals surface area contributed by atoms with Gasteiger partial charge >= 0.3 is 5.97 Å². The molecule has 1 aliphatic carbocycles. The standard InChI is InChI=1S/C18H25N5O3S2/c1-10-6-7-11-12(8-10)28-15(14(11)16(25)26-5)19-13(24)9-27-17-20-21-22-23(17)18(2,3)4/h10H,6-9H2,1-5H3,(H,19,24). The topological polar surface area (TPSA) is 99.0 Å². The lowest BCUT2D eigenvalue weighted by molar-refractivity contribution is -0.113. The molecule has 0 saturated heterocycles. The van der Waals surface area contributed by atoms with E-state index in [1.807, 2.05) is 20.8 Å². The number of methoxy groups -OCH3 is 1. The summed E-state index contributed by atoms with van der Waals surface area (Å²) < 4.78 is 6.65. The van der Waals surface area contributed by atoms with Crippen LogP contribution in [0, 0.1) is 5.92 Å². The zero-order valence-electron chi connectivity index (χ0n) is 16.7. The van der Waals surface area contributed by atoms with Crippen molar-refractivity contribution in [1.82, 2.24) is 20.2 Å². The molecule has 0 saturated carbocycles. The predicted octanol–water partition coefficient (Wildman–Crippen LogP) is 3.13. The Labute approximate surface area is 172 Å². The van der Waals surface area contributed by atoms with Crippen LogP contribution in [-0.4, -0.2) is 44.9 Å². The van der Waals surface area contributed by atoms with Crippen molar-refractivity contribution in [3.63, 3.8) is 0 Å². The van der Waals surface area contributed by atoms with Gasteiger partial charge < -0.3 is 10.1 Å². The van der Waals surface area contributed by atoms with Crippen LogP contribution in [0.2, 0.25) is 0 Å². The summed E-state index contributed by atoms with van der Waals surface area (Å²) >= 11 is 2.75. The summed E-state index contributed by atoms with van der Waals surface area (Å²) in [4.78, 5) is 26.0. The first-order chi connectivity index (χ1) is 13.2. The first-order valence-corrected chi connectivity index (χ1v) is 10.9. The average Bonchev–Trinajstić information content (AvgIpc) is 3.22. The van der Waals surface area contributed by atoms with E-state index in [1.54, 1.807) is 4.68 Å².